The summed E-state index contributed by atoms with van der Waals surface area (Å²) >= 11 is 6.05. The summed E-state index contributed by atoms with van der Waals surface area (Å²) in [6.45, 7) is 4.43. The molecule has 0 aliphatic heterocycles. The van der Waals surface area contributed by atoms with Gasteiger partial charge in [0, 0.05) is 5.03 Å². The van der Waals surface area contributed by atoms with Crippen LogP contribution in [0.5, 0.6) is 0 Å². The van der Waals surface area contributed by atoms with Crippen molar-refractivity contribution in [3.63, 3.8) is 0 Å². The van der Waals surface area contributed by atoms with E-state index in [9.17, 15) is 0 Å². The molecule has 1 aliphatic rings. The minimum Gasteiger partial charge on any atom is -0.0844 e. The highest BCUT2D eigenvalue weighted by atomic mass is 35.5. The molecule has 0 heterocycles. The quantitative estimate of drug-likeness (QED) is 0.590. The first-order valence-electron chi connectivity index (χ1n) is 4.31. The van der Waals surface area contributed by atoms with Gasteiger partial charge in [-0.2, -0.15) is 0 Å². The SMILES string of the molecule is CCC(C)C1=CCCC=C1Cl. The summed E-state index contributed by atoms with van der Waals surface area (Å²) in [5, 5.41) is 0.977. The predicted octanol–water partition coefficient (Wildman–Crippen LogP) is 3.88. The van der Waals surface area contributed by atoms with E-state index < -0.39 is 0 Å². The van der Waals surface area contributed by atoms with Crippen LogP contribution in [0.2, 0.25) is 0 Å². The van der Waals surface area contributed by atoms with Gasteiger partial charge >= 0.3 is 0 Å². The fourth-order valence-electron chi connectivity index (χ4n) is 1.32. The molecule has 0 aromatic heterocycles. The van der Waals surface area contributed by atoms with E-state index in [1.807, 2.05) is 0 Å². The number of rotatable bonds is 2. The van der Waals surface area contributed by atoms with Crippen molar-refractivity contribution < 1.29 is 0 Å². The molecule has 1 atom stereocenters. The zero-order chi connectivity index (χ0) is 8.27. The molecule has 0 spiro atoms. The summed E-state index contributed by atoms with van der Waals surface area (Å²) in [4.78, 5) is 0. The van der Waals surface area contributed by atoms with Gasteiger partial charge in [0.1, 0.15) is 0 Å². The molecule has 1 aliphatic carbocycles. The molecule has 1 unspecified atom stereocenters. The molecule has 0 radical (unpaired) electrons. The first-order valence-corrected chi connectivity index (χ1v) is 4.69. The summed E-state index contributed by atoms with van der Waals surface area (Å²) in [6.07, 6.45) is 7.85. The molecule has 0 aromatic carbocycles. The first kappa shape index (κ1) is 8.86. The molecule has 0 saturated carbocycles. The third kappa shape index (κ3) is 2.10. The summed E-state index contributed by atoms with van der Waals surface area (Å²) in [5.74, 6) is 0.624. The van der Waals surface area contributed by atoms with Gasteiger partial charge in [0.2, 0.25) is 0 Å². The van der Waals surface area contributed by atoms with Crippen LogP contribution in [0.1, 0.15) is 33.1 Å². The largest absolute Gasteiger partial charge is 0.0844 e. The Morgan fingerprint density at radius 1 is 1.45 bits per heavy atom. The van der Waals surface area contributed by atoms with Crippen LogP contribution in [0.3, 0.4) is 0 Å². The van der Waals surface area contributed by atoms with E-state index >= 15 is 0 Å². The van der Waals surface area contributed by atoms with Gasteiger partial charge in [0.05, 0.1) is 0 Å². The lowest BCUT2D eigenvalue weighted by molar-refractivity contribution is 0.659. The van der Waals surface area contributed by atoms with Crippen LogP contribution in [0.4, 0.5) is 0 Å². The Balaban J connectivity index is 2.70. The van der Waals surface area contributed by atoms with Crippen molar-refractivity contribution in [3.05, 3.63) is 22.8 Å². The normalized spacial score (nSPS) is 20.6. The molecule has 0 fully saturated rings. The van der Waals surface area contributed by atoms with E-state index in [0.29, 0.717) is 5.92 Å². The van der Waals surface area contributed by atoms with Gasteiger partial charge < -0.3 is 0 Å². The van der Waals surface area contributed by atoms with Gasteiger partial charge in [0.15, 0.2) is 0 Å². The van der Waals surface area contributed by atoms with Crippen molar-refractivity contribution in [3.8, 4) is 0 Å². The highest BCUT2D eigenvalue weighted by molar-refractivity contribution is 6.32. The number of hydrogen-bond donors (Lipinski definition) is 0. The predicted molar refractivity (Wildman–Crippen MR) is 50.7 cm³/mol. The van der Waals surface area contributed by atoms with E-state index in [1.54, 1.807) is 0 Å². The standard InChI is InChI=1S/C10H15Cl/c1-3-8(2)9-6-4-5-7-10(9)11/h6-8H,3-5H2,1-2H3. The van der Waals surface area contributed by atoms with E-state index in [-0.39, 0.29) is 0 Å². The fraction of sp³-hybridized carbons (Fsp3) is 0.600. The van der Waals surface area contributed by atoms with Gasteiger partial charge in [-0.15, -0.1) is 0 Å². The highest BCUT2D eigenvalue weighted by Crippen LogP contribution is 2.29. The molecular formula is C10H15Cl. The Labute approximate surface area is 73.9 Å². The van der Waals surface area contributed by atoms with Crippen molar-refractivity contribution in [1.82, 2.24) is 0 Å². The third-order valence-corrected chi connectivity index (χ3v) is 2.65. The van der Waals surface area contributed by atoms with E-state index in [4.69, 9.17) is 11.6 Å². The molecule has 62 valence electrons. The van der Waals surface area contributed by atoms with Crippen LogP contribution in [0.15, 0.2) is 22.8 Å². The molecule has 1 heteroatoms. The molecule has 0 saturated heterocycles. The molecule has 11 heavy (non-hydrogen) atoms. The van der Waals surface area contributed by atoms with Crippen LogP contribution in [-0.2, 0) is 0 Å². The number of halogens is 1. The maximum absolute atomic E-state index is 6.05. The minimum absolute atomic E-state index is 0.624. The third-order valence-electron chi connectivity index (χ3n) is 2.27. The summed E-state index contributed by atoms with van der Waals surface area (Å²) in [7, 11) is 0. The molecule has 0 amide bonds. The van der Waals surface area contributed by atoms with Gasteiger partial charge in [-0.1, -0.05) is 37.6 Å². The smallest absolute Gasteiger partial charge is 0.0397 e. The van der Waals surface area contributed by atoms with Crippen LogP contribution in [0, 0.1) is 5.92 Å². The summed E-state index contributed by atoms with van der Waals surface area (Å²) in [5.41, 5.74) is 1.35. The van der Waals surface area contributed by atoms with Crippen LogP contribution in [-0.4, -0.2) is 0 Å². The lowest BCUT2D eigenvalue weighted by atomic mass is 9.93. The van der Waals surface area contributed by atoms with Crippen LogP contribution >= 0.6 is 11.6 Å². The Bertz CT molecular complexity index is 189. The first-order chi connectivity index (χ1) is 5.25. The zero-order valence-corrected chi connectivity index (χ0v) is 7.99. The van der Waals surface area contributed by atoms with Gasteiger partial charge in [-0.25, -0.2) is 0 Å². The van der Waals surface area contributed by atoms with E-state index in [1.165, 1.54) is 12.0 Å². The van der Waals surface area contributed by atoms with Crippen molar-refractivity contribution in [2.24, 2.45) is 5.92 Å². The van der Waals surface area contributed by atoms with Crippen molar-refractivity contribution >= 4 is 11.6 Å². The van der Waals surface area contributed by atoms with Gasteiger partial charge in [-0.05, 0) is 30.8 Å². The Morgan fingerprint density at radius 2 is 2.09 bits per heavy atom. The van der Waals surface area contributed by atoms with Crippen LogP contribution in [0.25, 0.3) is 0 Å². The second-order valence-electron chi connectivity index (χ2n) is 3.10. The second kappa shape index (κ2) is 3.96. The molecule has 0 aromatic rings. The zero-order valence-electron chi connectivity index (χ0n) is 7.23. The number of allylic oxidation sites excluding steroid dienone is 4. The Kier molecular flexibility index (Phi) is 3.19. The van der Waals surface area contributed by atoms with Gasteiger partial charge in [-0.3, -0.25) is 0 Å². The topological polar surface area (TPSA) is 0 Å². The van der Waals surface area contributed by atoms with E-state index in [0.717, 1.165) is 17.9 Å². The van der Waals surface area contributed by atoms with Crippen molar-refractivity contribution in [2.75, 3.05) is 0 Å². The van der Waals surface area contributed by atoms with Crippen molar-refractivity contribution in [1.29, 1.82) is 0 Å². The summed E-state index contributed by atoms with van der Waals surface area (Å²) in [6, 6.07) is 0. The van der Waals surface area contributed by atoms with Crippen molar-refractivity contribution in [2.45, 2.75) is 33.1 Å². The lowest BCUT2D eigenvalue weighted by Gasteiger charge is -2.16. The monoisotopic (exact) mass is 170 g/mol. The van der Waals surface area contributed by atoms with Crippen LogP contribution < -0.4 is 0 Å². The maximum atomic E-state index is 6.05. The Morgan fingerprint density at radius 3 is 2.64 bits per heavy atom. The average molecular weight is 171 g/mol. The highest BCUT2D eigenvalue weighted by Gasteiger charge is 2.11. The van der Waals surface area contributed by atoms with Gasteiger partial charge in [0.25, 0.3) is 0 Å². The lowest BCUT2D eigenvalue weighted by Crippen LogP contribution is -2.00. The molecule has 0 N–H and O–H groups in total. The maximum Gasteiger partial charge on any atom is 0.0397 e. The molecular weight excluding hydrogens is 156 g/mol. The number of hydrogen-bond acceptors (Lipinski definition) is 0. The fourth-order valence-corrected chi connectivity index (χ4v) is 1.69. The average Bonchev–Trinajstić information content (AvgIpc) is 2.04. The molecule has 0 bridgehead atoms. The molecule has 1 rings (SSSR count). The minimum atomic E-state index is 0.624. The second-order valence-corrected chi connectivity index (χ2v) is 3.51. The Hall–Kier alpha value is -0.230. The summed E-state index contributed by atoms with van der Waals surface area (Å²) < 4.78 is 0. The molecule has 0 nitrogen and oxygen atoms in total. The van der Waals surface area contributed by atoms with E-state index in [2.05, 4.69) is 26.0 Å².